The SMILES string of the molecule is CCCCCCCNC(=O)N(C)c1cccc(-c2ccc(CCC(=O)O)cc2NCc2ccccc2)c1.Cl. The highest BCUT2D eigenvalue weighted by Gasteiger charge is 2.13. The van der Waals surface area contributed by atoms with Gasteiger partial charge in [0.2, 0.25) is 0 Å². The van der Waals surface area contributed by atoms with Gasteiger partial charge in [-0.1, -0.05) is 87.2 Å². The third-order valence-corrected chi connectivity index (χ3v) is 6.44. The Morgan fingerprint density at radius 1 is 0.868 bits per heavy atom. The summed E-state index contributed by atoms with van der Waals surface area (Å²) < 4.78 is 0. The zero-order valence-electron chi connectivity index (χ0n) is 22.4. The summed E-state index contributed by atoms with van der Waals surface area (Å²) in [4.78, 5) is 25.5. The molecule has 38 heavy (non-hydrogen) atoms. The van der Waals surface area contributed by atoms with Gasteiger partial charge >= 0.3 is 12.0 Å². The monoisotopic (exact) mass is 537 g/mol. The van der Waals surface area contributed by atoms with Gasteiger partial charge in [0.1, 0.15) is 0 Å². The molecule has 0 fully saturated rings. The Bertz CT molecular complexity index is 1150. The van der Waals surface area contributed by atoms with E-state index in [4.69, 9.17) is 5.11 Å². The smallest absolute Gasteiger partial charge is 0.321 e. The first-order valence-corrected chi connectivity index (χ1v) is 13.2. The lowest BCUT2D eigenvalue weighted by Crippen LogP contribution is -2.37. The lowest BCUT2D eigenvalue weighted by atomic mass is 9.98. The highest BCUT2D eigenvalue weighted by atomic mass is 35.5. The molecular weight excluding hydrogens is 498 g/mol. The number of carbonyl (C=O) groups is 2. The van der Waals surface area contributed by atoms with Crippen LogP contribution in [0.15, 0.2) is 72.8 Å². The largest absolute Gasteiger partial charge is 0.481 e. The number of nitrogens with zero attached hydrogens (tertiary/aromatic N) is 1. The molecule has 0 aliphatic rings. The minimum Gasteiger partial charge on any atom is -0.481 e. The summed E-state index contributed by atoms with van der Waals surface area (Å²) in [6.45, 7) is 3.52. The molecule has 0 unspecified atom stereocenters. The van der Waals surface area contributed by atoms with Gasteiger partial charge in [0, 0.05) is 43.5 Å². The lowest BCUT2D eigenvalue weighted by molar-refractivity contribution is -0.136. The maximum Gasteiger partial charge on any atom is 0.321 e. The third kappa shape index (κ3) is 9.75. The van der Waals surface area contributed by atoms with E-state index in [1.165, 1.54) is 19.3 Å². The van der Waals surface area contributed by atoms with E-state index < -0.39 is 5.97 Å². The number of urea groups is 1. The van der Waals surface area contributed by atoms with Crippen molar-refractivity contribution in [3.63, 3.8) is 0 Å². The second kappa shape index (κ2) is 16.4. The van der Waals surface area contributed by atoms with E-state index in [1.54, 1.807) is 11.9 Å². The quantitative estimate of drug-likeness (QED) is 0.186. The maximum absolute atomic E-state index is 12.7. The summed E-state index contributed by atoms with van der Waals surface area (Å²) in [6.07, 6.45) is 6.34. The Labute approximate surface area is 232 Å². The van der Waals surface area contributed by atoms with Gasteiger partial charge in [0.25, 0.3) is 0 Å². The summed E-state index contributed by atoms with van der Waals surface area (Å²) in [6, 6.07) is 24.0. The molecule has 204 valence electrons. The Morgan fingerprint density at radius 2 is 1.63 bits per heavy atom. The number of anilines is 2. The average molecular weight is 538 g/mol. The van der Waals surface area contributed by atoms with E-state index in [2.05, 4.69) is 29.7 Å². The first-order chi connectivity index (χ1) is 18.0. The predicted octanol–water partition coefficient (Wildman–Crippen LogP) is 7.52. The number of halogens is 1. The van der Waals surface area contributed by atoms with Crippen molar-refractivity contribution in [2.75, 3.05) is 23.8 Å². The molecule has 7 heteroatoms. The molecule has 0 aliphatic carbocycles. The zero-order chi connectivity index (χ0) is 26.5. The standard InChI is InChI=1S/C31H39N3O3.ClH/c1-3-4-5-6-10-20-32-31(37)34(2)27-15-11-14-26(22-27)28-18-16-24(17-19-30(35)36)21-29(28)33-23-25-12-8-7-9-13-25;/h7-9,11-16,18,21-22,33H,3-6,10,17,19-20,23H2,1-2H3,(H,32,37)(H,35,36);1H. The Morgan fingerprint density at radius 3 is 2.37 bits per heavy atom. The molecule has 3 aromatic carbocycles. The minimum atomic E-state index is -0.808. The highest BCUT2D eigenvalue weighted by molar-refractivity contribution is 5.92. The van der Waals surface area contributed by atoms with E-state index in [0.29, 0.717) is 19.5 Å². The number of amides is 2. The van der Waals surface area contributed by atoms with Gasteiger partial charge < -0.3 is 15.7 Å². The summed E-state index contributed by atoms with van der Waals surface area (Å²) in [5.41, 5.74) is 5.85. The first kappa shape index (κ1) is 30.7. The molecule has 0 saturated carbocycles. The van der Waals surface area contributed by atoms with Crippen molar-refractivity contribution in [2.45, 2.75) is 58.4 Å². The molecular formula is C31H40ClN3O3. The first-order valence-electron chi connectivity index (χ1n) is 13.2. The molecule has 3 rings (SSSR count). The molecule has 0 aromatic heterocycles. The van der Waals surface area contributed by atoms with E-state index >= 15 is 0 Å². The number of nitrogens with one attached hydrogen (secondary N) is 2. The lowest BCUT2D eigenvalue weighted by Gasteiger charge is -2.20. The second-order valence-electron chi connectivity index (χ2n) is 9.37. The van der Waals surface area contributed by atoms with Crippen LogP contribution in [-0.2, 0) is 17.8 Å². The van der Waals surface area contributed by atoms with E-state index in [1.807, 2.05) is 60.7 Å². The molecule has 0 atom stereocenters. The minimum absolute atomic E-state index is 0. The van der Waals surface area contributed by atoms with Gasteiger partial charge in [-0.3, -0.25) is 9.69 Å². The third-order valence-electron chi connectivity index (χ3n) is 6.44. The predicted molar refractivity (Wildman–Crippen MR) is 159 cm³/mol. The number of rotatable bonds is 14. The molecule has 0 aliphatic heterocycles. The average Bonchev–Trinajstić information content (AvgIpc) is 2.92. The van der Waals surface area contributed by atoms with Gasteiger partial charge in [-0.15, -0.1) is 12.4 Å². The van der Waals surface area contributed by atoms with Gasteiger partial charge in [-0.2, -0.15) is 0 Å². The van der Waals surface area contributed by atoms with Crippen LogP contribution in [0.5, 0.6) is 0 Å². The van der Waals surface area contributed by atoms with Crippen molar-refractivity contribution < 1.29 is 14.7 Å². The second-order valence-corrected chi connectivity index (χ2v) is 9.37. The van der Waals surface area contributed by atoms with Gasteiger partial charge in [-0.25, -0.2) is 4.79 Å². The number of hydrogen-bond donors (Lipinski definition) is 3. The number of aryl methyl sites for hydroxylation is 1. The zero-order valence-corrected chi connectivity index (χ0v) is 23.2. The van der Waals surface area contributed by atoms with E-state index in [0.717, 1.165) is 46.5 Å². The molecule has 0 spiro atoms. The van der Waals surface area contributed by atoms with Crippen LogP contribution in [0.3, 0.4) is 0 Å². The van der Waals surface area contributed by atoms with Crippen LogP contribution in [0.2, 0.25) is 0 Å². The van der Waals surface area contributed by atoms with Crippen molar-refractivity contribution in [2.24, 2.45) is 0 Å². The number of carboxylic acids is 1. The van der Waals surface area contributed by atoms with Gasteiger partial charge in [0.15, 0.2) is 0 Å². The Kier molecular flexibility index (Phi) is 13.2. The van der Waals surface area contributed by atoms with E-state index in [9.17, 15) is 9.59 Å². The summed E-state index contributed by atoms with van der Waals surface area (Å²) >= 11 is 0. The van der Waals surface area contributed by atoms with Crippen LogP contribution in [0.25, 0.3) is 11.1 Å². The maximum atomic E-state index is 12.7. The Hall–Kier alpha value is -3.51. The van der Waals surface area contributed by atoms with E-state index in [-0.39, 0.29) is 24.9 Å². The van der Waals surface area contributed by atoms with Crippen LogP contribution < -0.4 is 15.5 Å². The van der Waals surface area contributed by atoms with Gasteiger partial charge in [0.05, 0.1) is 0 Å². The fourth-order valence-corrected chi connectivity index (χ4v) is 4.23. The summed E-state index contributed by atoms with van der Waals surface area (Å²) in [5.74, 6) is -0.808. The highest BCUT2D eigenvalue weighted by Crippen LogP contribution is 2.32. The number of aliphatic carboxylic acids is 1. The van der Waals surface area contributed by atoms with Gasteiger partial charge in [-0.05, 0) is 47.7 Å². The van der Waals surface area contributed by atoms with Crippen LogP contribution >= 0.6 is 12.4 Å². The fourth-order valence-electron chi connectivity index (χ4n) is 4.23. The van der Waals surface area contributed by atoms with Crippen molar-refractivity contribution in [3.05, 3.63) is 83.9 Å². The molecule has 3 N–H and O–H groups in total. The molecule has 0 radical (unpaired) electrons. The molecule has 0 bridgehead atoms. The van der Waals surface area contributed by atoms with Crippen molar-refractivity contribution >= 4 is 35.8 Å². The number of carbonyl (C=O) groups excluding carboxylic acids is 1. The molecule has 2 amide bonds. The fraction of sp³-hybridized carbons (Fsp3) is 0.355. The van der Waals surface area contributed by atoms with Crippen LogP contribution in [0, 0.1) is 0 Å². The van der Waals surface area contributed by atoms with Crippen LogP contribution in [-0.4, -0.2) is 30.7 Å². The number of unbranched alkanes of at least 4 members (excludes halogenated alkanes) is 4. The molecule has 6 nitrogen and oxygen atoms in total. The normalized spacial score (nSPS) is 10.4. The molecule has 0 heterocycles. The summed E-state index contributed by atoms with van der Waals surface area (Å²) in [7, 11) is 1.79. The molecule has 3 aromatic rings. The Balaban J connectivity index is 0.00000507. The molecule has 0 saturated heterocycles. The van der Waals surface area contributed by atoms with Crippen molar-refractivity contribution in [3.8, 4) is 11.1 Å². The van der Waals surface area contributed by atoms with Crippen LogP contribution in [0.1, 0.15) is 56.6 Å². The van der Waals surface area contributed by atoms with Crippen molar-refractivity contribution in [1.82, 2.24) is 5.32 Å². The number of benzene rings is 3. The summed E-state index contributed by atoms with van der Waals surface area (Å²) in [5, 5.41) is 15.7. The number of hydrogen-bond acceptors (Lipinski definition) is 3. The topological polar surface area (TPSA) is 81.7 Å². The van der Waals surface area contributed by atoms with Crippen LogP contribution in [0.4, 0.5) is 16.2 Å². The number of carboxylic acid groups (broad SMARTS) is 1. The van der Waals surface area contributed by atoms with Crippen molar-refractivity contribution in [1.29, 1.82) is 0 Å².